The fourth-order valence-corrected chi connectivity index (χ4v) is 3.02. The van der Waals surface area contributed by atoms with Crippen molar-refractivity contribution in [3.63, 3.8) is 0 Å². The summed E-state index contributed by atoms with van der Waals surface area (Å²) in [5.74, 6) is 0.342. The van der Waals surface area contributed by atoms with E-state index < -0.39 is 0 Å². The van der Waals surface area contributed by atoms with Crippen LogP contribution in [-0.2, 0) is 17.9 Å². The summed E-state index contributed by atoms with van der Waals surface area (Å²) < 4.78 is 17.2. The Hall–Kier alpha value is -3.62. The van der Waals surface area contributed by atoms with Crippen molar-refractivity contribution in [1.29, 1.82) is 0 Å². The molecule has 0 fully saturated rings. The first kappa shape index (κ1) is 14.7. The molecule has 128 valence electrons. The number of carbonyl (C=O) groups excluding carboxylic acids is 1. The predicted octanol–water partition coefficient (Wildman–Crippen LogP) is 1.83. The van der Waals surface area contributed by atoms with Gasteiger partial charge in [0.05, 0.1) is 11.9 Å². The maximum atomic E-state index is 14.0. The normalized spacial score (nSPS) is 13.2. The minimum atomic E-state index is -0.296. The number of halogens is 1. The van der Waals surface area contributed by atoms with Gasteiger partial charge in [0.25, 0.3) is 0 Å². The number of hydrogen-bond donors (Lipinski definition) is 1. The molecule has 1 N–H and O–H groups in total. The van der Waals surface area contributed by atoms with Crippen molar-refractivity contribution in [3.05, 3.63) is 54.0 Å². The molecule has 1 aliphatic heterocycles. The number of amides is 1. The molecule has 9 heteroatoms. The zero-order chi connectivity index (χ0) is 17.7. The van der Waals surface area contributed by atoms with Gasteiger partial charge < -0.3 is 0 Å². The summed E-state index contributed by atoms with van der Waals surface area (Å²) in [5, 5.41) is 12.3. The van der Waals surface area contributed by atoms with Crippen LogP contribution in [-0.4, -0.2) is 35.4 Å². The molecular weight excluding hydrogens is 337 g/mol. The highest BCUT2D eigenvalue weighted by Crippen LogP contribution is 2.27. The Labute approximate surface area is 146 Å². The number of fused-ring (bicyclic) bond motifs is 2. The van der Waals surface area contributed by atoms with Crippen LogP contribution in [0.4, 0.5) is 10.3 Å². The second-order valence-electron chi connectivity index (χ2n) is 5.94. The summed E-state index contributed by atoms with van der Waals surface area (Å²) in [7, 11) is 0. The van der Waals surface area contributed by atoms with Crippen molar-refractivity contribution in [2.24, 2.45) is 0 Å². The van der Waals surface area contributed by atoms with Crippen LogP contribution in [0.2, 0.25) is 0 Å². The van der Waals surface area contributed by atoms with Crippen LogP contribution in [0, 0.1) is 5.82 Å². The molecule has 0 saturated carbocycles. The molecule has 3 aromatic heterocycles. The molecule has 4 heterocycles. The van der Waals surface area contributed by atoms with E-state index in [4.69, 9.17) is 0 Å². The third-order valence-electron chi connectivity index (χ3n) is 4.21. The highest BCUT2D eigenvalue weighted by molar-refractivity contribution is 5.93. The van der Waals surface area contributed by atoms with Crippen LogP contribution < -0.4 is 5.32 Å². The van der Waals surface area contributed by atoms with Crippen molar-refractivity contribution in [3.8, 4) is 11.5 Å². The van der Waals surface area contributed by atoms with Gasteiger partial charge in [-0.05, 0) is 18.2 Å². The number of nitrogens with zero attached hydrogens (tertiary/aromatic N) is 6. The Morgan fingerprint density at radius 3 is 2.88 bits per heavy atom. The molecule has 0 radical (unpaired) electrons. The maximum Gasteiger partial charge on any atom is 0.248 e. The van der Waals surface area contributed by atoms with Gasteiger partial charge in [0.1, 0.15) is 18.1 Å². The number of hydrogen-bond acceptors (Lipinski definition) is 5. The average molecular weight is 349 g/mol. The standard InChI is InChI=1S/C17H12FN7O/c18-12-6-2-1-4-10(12)8-24-16-11(5-3-7-19-16)14(22-24)15-21-17-20-13(26)9-25(17)23-15/h1-7H,8-9H2,(H,20,21,23,26). The quantitative estimate of drug-likeness (QED) is 0.609. The predicted molar refractivity (Wildman–Crippen MR) is 90.7 cm³/mol. The van der Waals surface area contributed by atoms with Crippen molar-refractivity contribution in [2.45, 2.75) is 13.1 Å². The highest BCUT2D eigenvalue weighted by atomic mass is 19.1. The second-order valence-corrected chi connectivity index (χ2v) is 5.94. The van der Waals surface area contributed by atoms with Crippen LogP contribution in [0.3, 0.4) is 0 Å². The summed E-state index contributed by atoms with van der Waals surface area (Å²) in [6.45, 7) is 0.374. The molecule has 0 aliphatic carbocycles. The summed E-state index contributed by atoms with van der Waals surface area (Å²) in [4.78, 5) is 20.1. The zero-order valence-corrected chi connectivity index (χ0v) is 13.4. The first-order valence-corrected chi connectivity index (χ1v) is 7.99. The summed E-state index contributed by atoms with van der Waals surface area (Å²) in [6, 6.07) is 10.2. The molecule has 4 aromatic rings. The SMILES string of the molecule is O=C1Cn2nc(-c3nn(Cc4ccccc4F)c4ncccc34)nc2N1. The van der Waals surface area contributed by atoms with Crippen molar-refractivity contribution in [1.82, 2.24) is 29.5 Å². The Morgan fingerprint density at radius 2 is 2.04 bits per heavy atom. The first-order chi connectivity index (χ1) is 12.7. The lowest BCUT2D eigenvalue weighted by Gasteiger charge is -2.04. The summed E-state index contributed by atoms with van der Waals surface area (Å²) in [5.41, 5.74) is 1.67. The number of rotatable bonds is 3. The largest absolute Gasteiger partial charge is 0.293 e. The number of carbonyl (C=O) groups is 1. The maximum absolute atomic E-state index is 14.0. The van der Waals surface area contributed by atoms with Gasteiger partial charge >= 0.3 is 0 Å². The smallest absolute Gasteiger partial charge is 0.248 e. The van der Waals surface area contributed by atoms with Crippen LogP contribution in [0.1, 0.15) is 5.56 Å². The van der Waals surface area contributed by atoms with Gasteiger partial charge in [0, 0.05) is 11.8 Å². The lowest BCUT2D eigenvalue weighted by molar-refractivity contribution is -0.116. The van der Waals surface area contributed by atoms with Gasteiger partial charge in [-0.15, -0.1) is 5.10 Å². The van der Waals surface area contributed by atoms with Gasteiger partial charge in [0.2, 0.25) is 17.7 Å². The molecule has 1 aliphatic rings. The second kappa shape index (κ2) is 5.45. The van der Waals surface area contributed by atoms with Crippen LogP contribution in [0.15, 0.2) is 42.6 Å². The van der Waals surface area contributed by atoms with Crippen molar-refractivity contribution in [2.75, 3.05) is 5.32 Å². The molecule has 1 aromatic carbocycles. The van der Waals surface area contributed by atoms with E-state index in [0.717, 1.165) is 5.39 Å². The van der Waals surface area contributed by atoms with E-state index in [1.54, 1.807) is 35.1 Å². The minimum absolute atomic E-state index is 0.133. The zero-order valence-electron chi connectivity index (χ0n) is 13.4. The van der Waals surface area contributed by atoms with E-state index in [1.807, 2.05) is 6.07 Å². The number of benzene rings is 1. The first-order valence-electron chi connectivity index (χ1n) is 7.99. The van der Waals surface area contributed by atoms with E-state index in [2.05, 4.69) is 25.5 Å². The third-order valence-corrected chi connectivity index (χ3v) is 4.21. The Bertz CT molecular complexity index is 1140. The number of aromatic nitrogens is 6. The van der Waals surface area contributed by atoms with Crippen molar-refractivity contribution < 1.29 is 9.18 Å². The van der Waals surface area contributed by atoms with Gasteiger partial charge in [-0.3, -0.25) is 10.1 Å². The average Bonchev–Trinajstić information content (AvgIpc) is 3.28. The Morgan fingerprint density at radius 1 is 1.15 bits per heavy atom. The molecular formula is C17H12FN7O. The minimum Gasteiger partial charge on any atom is -0.293 e. The van der Waals surface area contributed by atoms with E-state index in [-0.39, 0.29) is 24.8 Å². The van der Waals surface area contributed by atoms with Gasteiger partial charge in [-0.25, -0.2) is 18.7 Å². The summed E-state index contributed by atoms with van der Waals surface area (Å²) in [6.07, 6.45) is 1.66. The van der Waals surface area contributed by atoms with Crippen LogP contribution in [0.5, 0.6) is 0 Å². The fourth-order valence-electron chi connectivity index (χ4n) is 3.02. The van der Waals surface area contributed by atoms with E-state index in [1.165, 1.54) is 10.7 Å². The molecule has 0 spiro atoms. The lowest BCUT2D eigenvalue weighted by Crippen LogP contribution is -2.07. The summed E-state index contributed by atoms with van der Waals surface area (Å²) >= 11 is 0. The third kappa shape index (κ3) is 2.25. The molecule has 0 bridgehead atoms. The number of anilines is 1. The monoisotopic (exact) mass is 349 g/mol. The molecule has 0 saturated heterocycles. The molecule has 0 atom stereocenters. The van der Waals surface area contributed by atoms with E-state index >= 15 is 0 Å². The molecule has 26 heavy (non-hydrogen) atoms. The Kier molecular flexibility index (Phi) is 3.08. The van der Waals surface area contributed by atoms with E-state index in [0.29, 0.717) is 28.7 Å². The molecule has 0 unspecified atom stereocenters. The topological polar surface area (TPSA) is 90.5 Å². The van der Waals surface area contributed by atoms with Gasteiger partial charge in [0.15, 0.2) is 5.65 Å². The van der Waals surface area contributed by atoms with Crippen LogP contribution in [0.25, 0.3) is 22.6 Å². The lowest BCUT2D eigenvalue weighted by atomic mass is 10.2. The Balaban J connectivity index is 1.62. The molecule has 1 amide bonds. The highest BCUT2D eigenvalue weighted by Gasteiger charge is 2.25. The fraction of sp³-hybridized carbons (Fsp3) is 0.118. The molecule has 8 nitrogen and oxygen atoms in total. The van der Waals surface area contributed by atoms with Crippen molar-refractivity contribution >= 4 is 22.9 Å². The molecule has 5 rings (SSSR count). The van der Waals surface area contributed by atoms with Crippen LogP contribution >= 0.6 is 0 Å². The number of pyridine rings is 1. The van der Waals surface area contributed by atoms with Gasteiger partial charge in [-0.1, -0.05) is 18.2 Å². The number of nitrogens with one attached hydrogen (secondary N) is 1. The van der Waals surface area contributed by atoms with E-state index in [9.17, 15) is 9.18 Å². The van der Waals surface area contributed by atoms with Gasteiger partial charge in [-0.2, -0.15) is 10.1 Å².